The van der Waals surface area contributed by atoms with Gasteiger partial charge in [0.15, 0.2) is 0 Å². The third-order valence-corrected chi connectivity index (χ3v) is 6.08. The van der Waals surface area contributed by atoms with Crippen LogP contribution in [0.3, 0.4) is 0 Å². The molecule has 0 aromatic carbocycles. The van der Waals surface area contributed by atoms with E-state index in [1.807, 2.05) is 0 Å². The molecule has 2 heterocycles. The van der Waals surface area contributed by atoms with Gasteiger partial charge in [0.25, 0.3) is 11.8 Å². The van der Waals surface area contributed by atoms with E-state index in [0.29, 0.717) is 104 Å². The van der Waals surface area contributed by atoms with Gasteiger partial charge in [0, 0.05) is 43.8 Å². The summed E-state index contributed by atoms with van der Waals surface area (Å²) in [7, 11) is 0. The van der Waals surface area contributed by atoms with Crippen molar-refractivity contribution in [3.63, 3.8) is 0 Å². The summed E-state index contributed by atoms with van der Waals surface area (Å²) in [6, 6.07) is 2.38. The quantitative estimate of drug-likeness (QED) is 0.0618. The molecular formula is C30H47N3O15. The Morgan fingerprint density at radius 1 is 0.562 bits per heavy atom. The number of aromatic nitrogens is 1. The van der Waals surface area contributed by atoms with Gasteiger partial charge in [-0.3, -0.25) is 19.3 Å². The van der Waals surface area contributed by atoms with Gasteiger partial charge in [0.05, 0.1) is 112 Å². The molecule has 0 fully saturated rings. The molecule has 1 aliphatic heterocycles. The summed E-state index contributed by atoms with van der Waals surface area (Å²) < 4.78 is 43.8. The summed E-state index contributed by atoms with van der Waals surface area (Å²) in [5.74, 6) is -2.52. The van der Waals surface area contributed by atoms with E-state index in [-0.39, 0.29) is 50.3 Å². The highest BCUT2D eigenvalue weighted by molar-refractivity contribution is 6.13. The first-order valence-corrected chi connectivity index (χ1v) is 15.6. The highest BCUT2D eigenvalue weighted by Crippen LogP contribution is 2.18. The lowest BCUT2D eigenvalue weighted by atomic mass is 10.3. The fraction of sp³-hybridized carbons (Fsp3) is 0.667. The minimum absolute atomic E-state index is 0.0423. The summed E-state index contributed by atoms with van der Waals surface area (Å²) in [6.07, 6.45) is 2.36. The second-order valence-electron chi connectivity index (χ2n) is 9.72. The number of nitrogens with one attached hydrogen (secondary N) is 1. The van der Waals surface area contributed by atoms with Crippen molar-refractivity contribution in [2.45, 2.75) is 12.8 Å². The average Bonchev–Trinajstić information content (AvgIpc) is 3.57. The van der Waals surface area contributed by atoms with Crippen molar-refractivity contribution in [2.75, 3.05) is 119 Å². The number of hydrogen-bond donors (Lipinski definition) is 3. The van der Waals surface area contributed by atoms with Crippen molar-refractivity contribution < 1.29 is 72.1 Å². The number of aromatic hydroxyl groups is 2. The zero-order chi connectivity index (χ0) is 34.7. The van der Waals surface area contributed by atoms with Gasteiger partial charge >= 0.3 is 5.97 Å². The van der Waals surface area contributed by atoms with Crippen LogP contribution in [0.5, 0.6) is 11.8 Å². The first-order chi connectivity index (χ1) is 23.4. The van der Waals surface area contributed by atoms with Crippen molar-refractivity contribution >= 4 is 23.7 Å². The number of amides is 3. The maximum Gasteiger partial charge on any atom is 0.335 e. The largest absolute Gasteiger partial charge is 0.492 e. The summed E-state index contributed by atoms with van der Waals surface area (Å²) >= 11 is 0. The molecule has 48 heavy (non-hydrogen) atoms. The van der Waals surface area contributed by atoms with Crippen LogP contribution in [-0.2, 0) is 57.1 Å². The van der Waals surface area contributed by atoms with Crippen molar-refractivity contribution in [3.8, 4) is 11.8 Å². The summed E-state index contributed by atoms with van der Waals surface area (Å²) in [6.45, 7) is 6.39. The molecule has 0 aliphatic carbocycles. The van der Waals surface area contributed by atoms with Crippen LogP contribution in [-0.4, -0.2) is 162 Å². The van der Waals surface area contributed by atoms with Crippen molar-refractivity contribution in [2.24, 2.45) is 0 Å². The Morgan fingerprint density at radius 3 is 1.35 bits per heavy atom. The number of carbonyl (C=O) groups excluding carboxylic acids is 4. The second kappa shape index (κ2) is 26.3. The molecule has 0 bridgehead atoms. The van der Waals surface area contributed by atoms with Gasteiger partial charge in [-0.05, 0) is 0 Å². The van der Waals surface area contributed by atoms with Gasteiger partial charge in [0.2, 0.25) is 17.7 Å². The van der Waals surface area contributed by atoms with Crippen LogP contribution >= 0.6 is 0 Å². The Balaban J connectivity index is 1.19. The van der Waals surface area contributed by atoms with E-state index in [1.54, 1.807) is 0 Å². The molecule has 0 unspecified atom stereocenters. The summed E-state index contributed by atoms with van der Waals surface area (Å²) in [4.78, 5) is 52.1. The molecular weight excluding hydrogens is 642 g/mol. The van der Waals surface area contributed by atoms with Gasteiger partial charge in [-0.1, -0.05) is 0 Å². The molecule has 1 aliphatic rings. The zero-order valence-corrected chi connectivity index (χ0v) is 27.0. The summed E-state index contributed by atoms with van der Waals surface area (Å²) in [5, 5.41) is 21.5. The van der Waals surface area contributed by atoms with Gasteiger partial charge in [-0.15, -0.1) is 4.73 Å². The van der Waals surface area contributed by atoms with Gasteiger partial charge in [-0.2, -0.15) is 0 Å². The van der Waals surface area contributed by atoms with E-state index in [4.69, 9.17) is 42.7 Å². The SMILES string of the molecule is O=C(CCN1C(=O)C=CC1=O)NCCOCCOCCOCCOCCOCCOCCOCCOCCC(=O)On1c(O)ccc1O. The highest BCUT2D eigenvalue weighted by atomic mass is 16.7. The first-order valence-electron chi connectivity index (χ1n) is 15.6. The molecule has 0 spiro atoms. The molecule has 18 heteroatoms. The Bertz CT molecular complexity index is 1060. The Morgan fingerprint density at radius 2 is 0.938 bits per heavy atom. The number of nitrogens with zero attached hydrogens (tertiary/aromatic N) is 2. The fourth-order valence-electron chi connectivity index (χ4n) is 3.66. The van der Waals surface area contributed by atoms with Gasteiger partial charge in [0.1, 0.15) is 0 Å². The summed E-state index contributed by atoms with van der Waals surface area (Å²) in [5.41, 5.74) is 0. The maximum absolute atomic E-state index is 11.8. The monoisotopic (exact) mass is 689 g/mol. The molecule has 1 aromatic rings. The fourth-order valence-corrected chi connectivity index (χ4v) is 3.66. The minimum Gasteiger partial charge on any atom is -0.492 e. The van der Waals surface area contributed by atoms with E-state index >= 15 is 0 Å². The Labute approximate surface area is 278 Å². The molecule has 272 valence electrons. The average molecular weight is 690 g/mol. The lowest BCUT2D eigenvalue weighted by Crippen LogP contribution is -2.35. The zero-order valence-electron chi connectivity index (χ0n) is 27.0. The van der Waals surface area contributed by atoms with Gasteiger partial charge < -0.3 is 58.3 Å². The Kier molecular flexibility index (Phi) is 22.3. The number of hydrogen-bond acceptors (Lipinski definition) is 15. The molecule has 0 saturated carbocycles. The molecule has 0 radical (unpaired) electrons. The van der Waals surface area contributed by atoms with Crippen LogP contribution in [0, 0.1) is 0 Å². The number of ether oxygens (including phenoxy) is 8. The van der Waals surface area contributed by atoms with Crippen LogP contribution in [0.4, 0.5) is 0 Å². The van der Waals surface area contributed by atoms with Gasteiger partial charge in [-0.25, -0.2) is 4.79 Å². The van der Waals surface area contributed by atoms with E-state index in [2.05, 4.69) is 5.32 Å². The van der Waals surface area contributed by atoms with Crippen molar-refractivity contribution in [3.05, 3.63) is 24.3 Å². The van der Waals surface area contributed by atoms with Crippen molar-refractivity contribution in [1.29, 1.82) is 0 Å². The topological polar surface area (TPSA) is 212 Å². The second-order valence-corrected chi connectivity index (χ2v) is 9.72. The number of rotatable bonds is 31. The molecule has 3 amide bonds. The van der Waals surface area contributed by atoms with Crippen LogP contribution in [0.15, 0.2) is 24.3 Å². The van der Waals surface area contributed by atoms with E-state index in [9.17, 15) is 29.4 Å². The van der Waals surface area contributed by atoms with Crippen LogP contribution in [0.1, 0.15) is 12.8 Å². The standard InChI is InChI=1S/C30H47N3O15/c34-25(5-8-32-26(35)1-2-27(32)36)31-7-10-41-12-14-43-16-18-45-20-22-47-24-23-46-21-19-44-17-15-42-13-11-40-9-6-30(39)48-33-28(37)3-4-29(33)38/h1-4,37-38H,5-24H2,(H,31,34). The molecule has 18 nitrogen and oxygen atoms in total. The molecule has 2 rings (SSSR count). The van der Waals surface area contributed by atoms with Crippen LogP contribution in [0.2, 0.25) is 0 Å². The van der Waals surface area contributed by atoms with E-state index < -0.39 is 17.8 Å². The van der Waals surface area contributed by atoms with E-state index in [1.165, 1.54) is 24.3 Å². The number of imide groups is 1. The molecule has 0 atom stereocenters. The number of carbonyl (C=O) groups is 4. The molecule has 0 saturated heterocycles. The predicted molar refractivity (Wildman–Crippen MR) is 164 cm³/mol. The first kappa shape index (κ1) is 40.6. The third-order valence-electron chi connectivity index (χ3n) is 6.08. The molecule has 1 aromatic heterocycles. The lowest BCUT2D eigenvalue weighted by molar-refractivity contribution is -0.147. The third kappa shape index (κ3) is 19.3. The maximum atomic E-state index is 11.8. The molecule has 3 N–H and O–H groups in total. The van der Waals surface area contributed by atoms with Crippen LogP contribution in [0.25, 0.3) is 0 Å². The van der Waals surface area contributed by atoms with Crippen LogP contribution < -0.4 is 10.2 Å². The lowest BCUT2D eigenvalue weighted by Gasteiger charge is -2.13. The van der Waals surface area contributed by atoms with Crippen molar-refractivity contribution in [1.82, 2.24) is 14.9 Å². The highest BCUT2D eigenvalue weighted by Gasteiger charge is 2.23. The minimum atomic E-state index is -0.669. The van der Waals surface area contributed by atoms with E-state index in [0.717, 1.165) is 4.90 Å². The predicted octanol–water partition coefficient (Wildman–Crippen LogP) is -1.19. The Hall–Kier alpha value is -3.62. The normalized spacial score (nSPS) is 12.7. The smallest absolute Gasteiger partial charge is 0.335 e.